The quantitative estimate of drug-likeness (QED) is 0.241. The number of anilines is 1. The zero-order valence-electron chi connectivity index (χ0n) is 18.2. The Hall–Kier alpha value is -4.24. The average Bonchev–Trinajstić information content (AvgIpc) is 3.49. The number of benzene rings is 2. The van der Waals surface area contributed by atoms with Crippen LogP contribution in [0.5, 0.6) is 5.75 Å². The molecule has 1 aliphatic heterocycles. The summed E-state index contributed by atoms with van der Waals surface area (Å²) < 4.78 is 7.35. The third kappa shape index (κ3) is 3.86. The third-order valence-corrected chi connectivity index (χ3v) is 6.19. The van der Waals surface area contributed by atoms with Crippen molar-refractivity contribution < 1.29 is 9.66 Å². The molecule has 0 saturated carbocycles. The van der Waals surface area contributed by atoms with Gasteiger partial charge < -0.3 is 19.5 Å². The molecule has 0 spiro atoms. The van der Waals surface area contributed by atoms with E-state index in [0.717, 1.165) is 28.5 Å². The number of thiocarbonyl (C=S) groups is 1. The number of nitro benzene ring substituents is 1. The van der Waals surface area contributed by atoms with E-state index < -0.39 is 4.92 Å². The summed E-state index contributed by atoms with van der Waals surface area (Å²) in [5.74, 6) is 0.758. The minimum atomic E-state index is -0.401. The summed E-state index contributed by atoms with van der Waals surface area (Å²) in [6.07, 6.45) is 3.71. The Morgan fingerprint density at radius 2 is 1.74 bits per heavy atom. The molecule has 9 heteroatoms. The van der Waals surface area contributed by atoms with Crippen molar-refractivity contribution in [3.05, 3.63) is 113 Å². The van der Waals surface area contributed by atoms with Gasteiger partial charge in [-0.1, -0.05) is 6.07 Å². The fourth-order valence-electron chi connectivity index (χ4n) is 4.28. The van der Waals surface area contributed by atoms with Crippen LogP contribution in [0.25, 0.3) is 5.69 Å². The smallest absolute Gasteiger partial charge is 0.269 e. The highest BCUT2D eigenvalue weighted by atomic mass is 32.1. The van der Waals surface area contributed by atoms with Crippen LogP contribution in [0.15, 0.2) is 91.3 Å². The molecule has 5 rings (SSSR count). The first-order valence-corrected chi connectivity index (χ1v) is 11.0. The third-order valence-electron chi connectivity index (χ3n) is 5.87. The number of methoxy groups -OCH3 is 1. The van der Waals surface area contributed by atoms with Gasteiger partial charge in [0.1, 0.15) is 11.8 Å². The first-order valence-electron chi connectivity index (χ1n) is 10.6. The van der Waals surface area contributed by atoms with Crippen LogP contribution < -0.4 is 15.0 Å². The lowest BCUT2D eigenvalue weighted by atomic mass is 10.0. The van der Waals surface area contributed by atoms with Crippen LogP contribution in [0.1, 0.15) is 23.5 Å². The maximum Gasteiger partial charge on any atom is 0.269 e. The minimum absolute atomic E-state index is 0.0485. The van der Waals surface area contributed by atoms with E-state index in [1.165, 1.54) is 12.1 Å². The van der Waals surface area contributed by atoms with E-state index in [1.807, 2.05) is 65.4 Å². The predicted molar refractivity (Wildman–Crippen MR) is 133 cm³/mol. The van der Waals surface area contributed by atoms with Gasteiger partial charge in [0.15, 0.2) is 5.11 Å². The number of rotatable bonds is 6. The topological polar surface area (TPSA) is 85.5 Å². The van der Waals surface area contributed by atoms with E-state index in [4.69, 9.17) is 17.0 Å². The second-order valence-electron chi connectivity index (χ2n) is 7.77. The van der Waals surface area contributed by atoms with Gasteiger partial charge in [-0.05, 0) is 72.9 Å². The molecule has 0 aliphatic carbocycles. The molecule has 0 amide bonds. The Morgan fingerprint density at radius 3 is 2.38 bits per heavy atom. The highest BCUT2D eigenvalue weighted by Gasteiger charge is 2.42. The van der Waals surface area contributed by atoms with Crippen molar-refractivity contribution in [3.63, 3.8) is 0 Å². The van der Waals surface area contributed by atoms with Crippen molar-refractivity contribution >= 4 is 28.7 Å². The molecule has 0 bridgehead atoms. The number of ether oxygens (including phenoxy) is 1. The molecule has 8 nitrogen and oxygen atoms in total. The molecule has 2 aromatic heterocycles. The molecule has 1 N–H and O–H groups in total. The summed E-state index contributed by atoms with van der Waals surface area (Å²) in [7, 11) is 1.63. The first-order chi connectivity index (χ1) is 16.6. The van der Waals surface area contributed by atoms with E-state index in [2.05, 4.69) is 15.2 Å². The van der Waals surface area contributed by atoms with E-state index in [0.29, 0.717) is 5.11 Å². The largest absolute Gasteiger partial charge is 0.497 e. The van der Waals surface area contributed by atoms with Gasteiger partial charge in [-0.15, -0.1) is 0 Å². The van der Waals surface area contributed by atoms with Crippen LogP contribution in [-0.4, -0.2) is 26.7 Å². The van der Waals surface area contributed by atoms with Gasteiger partial charge in [-0.3, -0.25) is 15.1 Å². The average molecular weight is 472 g/mol. The predicted octanol–water partition coefficient (Wildman–Crippen LogP) is 4.97. The monoisotopic (exact) mass is 471 g/mol. The zero-order chi connectivity index (χ0) is 23.7. The minimum Gasteiger partial charge on any atom is -0.497 e. The summed E-state index contributed by atoms with van der Waals surface area (Å²) in [6, 6.07) is 23.6. The lowest BCUT2D eigenvalue weighted by molar-refractivity contribution is -0.384. The van der Waals surface area contributed by atoms with E-state index in [1.54, 1.807) is 25.4 Å². The lowest BCUT2D eigenvalue weighted by Gasteiger charge is -2.29. The Morgan fingerprint density at radius 1 is 1.00 bits per heavy atom. The van der Waals surface area contributed by atoms with E-state index in [9.17, 15) is 10.1 Å². The lowest BCUT2D eigenvalue weighted by Crippen LogP contribution is -2.30. The summed E-state index contributed by atoms with van der Waals surface area (Å²) >= 11 is 5.79. The molecule has 170 valence electrons. The molecule has 34 heavy (non-hydrogen) atoms. The molecule has 1 aliphatic rings. The number of non-ortho nitro benzene ring substituents is 1. The summed E-state index contributed by atoms with van der Waals surface area (Å²) in [5, 5.41) is 15.1. The van der Waals surface area contributed by atoms with E-state index >= 15 is 0 Å². The van der Waals surface area contributed by atoms with Crippen LogP contribution in [0.4, 0.5) is 11.4 Å². The van der Waals surface area contributed by atoms with Crippen LogP contribution in [0.3, 0.4) is 0 Å². The molecular formula is C25H21N5O3S. The van der Waals surface area contributed by atoms with Crippen molar-refractivity contribution in [2.24, 2.45) is 0 Å². The van der Waals surface area contributed by atoms with Crippen molar-refractivity contribution in [1.82, 2.24) is 14.9 Å². The Bertz CT molecular complexity index is 1320. The molecule has 1 fully saturated rings. The summed E-state index contributed by atoms with van der Waals surface area (Å²) in [5.41, 5.74) is 3.61. The van der Waals surface area contributed by atoms with Crippen molar-refractivity contribution in [1.29, 1.82) is 0 Å². The van der Waals surface area contributed by atoms with Crippen LogP contribution in [0.2, 0.25) is 0 Å². The number of pyridine rings is 1. The number of aromatic nitrogens is 2. The number of hydrogen-bond donors (Lipinski definition) is 1. The van der Waals surface area contributed by atoms with Gasteiger partial charge in [0, 0.05) is 41.6 Å². The fourth-order valence-corrected chi connectivity index (χ4v) is 4.63. The number of nitrogens with one attached hydrogen (secondary N) is 1. The number of hydrogen-bond acceptors (Lipinski definition) is 5. The molecule has 2 aromatic carbocycles. The fraction of sp³-hybridized carbons (Fsp3) is 0.120. The molecule has 4 aromatic rings. The molecule has 1 saturated heterocycles. The van der Waals surface area contributed by atoms with Gasteiger partial charge in [0.25, 0.3) is 5.69 Å². The SMILES string of the molecule is COc1ccc(N2C(=S)N[C@H](c3ccccn3)[C@@H]2c2cccn2-c2ccc([N+](=O)[O-])cc2)cc1. The molecule has 3 heterocycles. The summed E-state index contributed by atoms with van der Waals surface area (Å²) in [6.45, 7) is 0. The highest BCUT2D eigenvalue weighted by molar-refractivity contribution is 7.80. The second kappa shape index (κ2) is 8.95. The van der Waals surface area contributed by atoms with Gasteiger partial charge in [-0.25, -0.2) is 0 Å². The van der Waals surface area contributed by atoms with Gasteiger partial charge in [-0.2, -0.15) is 0 Å². The van der Waals surface area contributed by atoms with Gasteiger partial charge in [0.05, 0.1) is 23.8 Å². The second-order valence-corrected chi connectivity index (χ2v) is 8.16. The number of nitrogens with zero attached hydrogens (tertiary/aromatic N) is 4. The standard InChI is InChI=1S/C25H21N5O3S/c1-33-20-13-11-18(12-14-20)29-24(23(27-25(29)34)21-5-2-3-15-26-21)22-6-4-16-28(22)17-7-9-19(10-8-17)30(31)32/h2-16,23-24H,1H3,(H,27,34)/t23-,24+/m1/s1. The van der Waals surface area contributed by atoms with Crippen LogP contribution in [-0.2, 0) is 0 Å². The molecule has 0 unspecified atom stereocenters. The van der Waals surface area contributed by atoms with Crippen molar-refractivity contribution in [2.75, 3.05) is 12.0 Å². The molecular weight excluding hydrogens is 450 g/mol. The molecule has 0 radical (unpaired) electrons. The van der Waals surface area contributed by atoms with Gasteiger partial charge in [0.2, 0.25) is 0 Å². The maximum atomic E-state index is 11.1. The summed E-state index contributed by atoms with van der Waals surface area (Å²) in [4.78, 5) is 17.4. The van der Waals surface area contributed by atoms with E-state index in [-0.39, 0.29) is 17.8 Å². The number of nitro groups is 1. The van der Waals surface area contributed by atoms with Crippen LogP contribution >= 0.6 is 12.2 Å². The first kappa shape index (κ1) is 21.6. The van der Waals surface area contributed by atoms with Gasteiger partial charge >= 0.3 is 0 Å². The Balaban J connectivity index is 1.62. The van der Waals surface area contributed by atoms with Crippen molar-refractivity contribution in [3.8, 4) is 11.4 Å². The normalized spacial score (nSPS) is 17.4. The highest BCUT2D eigenvalue weighted by Crippen LogP contribution is 2.42. The van der Waals surface area contributed by atoms with Crippen molar-refractivity contribution in [2.45, 2.75) is 12.1 Å². The molecule has 2 atom stereocenters. The Labute approximate surface area is 201 Å². The zero-order valence-corrected chi connectivity index (χ0v) is 19.1. The maximum absolute atomic E-state index is 11.1. The van der Waals surface area contributed by atoms with Crippen LogP contribution in [0, 0.1) is 10.1 Å². The Kier molecular flexibility index (Phi) is 5.69.